The fraction of sp³-hybridized carbons (Fsp3) is 0.375. The lowest BCUT2D eigenvalue weighted by atomic mass is 10.1. The van der Waals surface area contributed by atoms with Gasteiger partial charge in [0.15, 0.2) is 0 Å². The van der Waals surface area contributed by atoms with Gasteiger partial charge in [-0.15, -0.1) is 0 Å². The van der Waals surface area contributed by atoms with Crippen LogP contribution in [0.5, 0.6) is 5.75 Å². The van der Waals surface area contributed by atoms with E-state index in [-0.39, 0.29) is 11.8 Å². The second kappa shape index (κ2) is 6.43. The molecule has 1 aromatic heterocycles. The van der Waals surface area contributed by atoms with Gasteiger partial charge in [-0.2, -0.15) is 0 Å². The van der Waals surface area contributed by atoms with Gasteiger partial charge in [-0.05, 0) is 30.2 Å². The van der Waals surface area contributed by atoms with E-state index in [4.69, 9.17) is 4.74 Å². The number of hydrogen-bond acceptors (Lipinski definition) is 3. The van der Waals surface area contributed by atoms with Gasteiger partial charge in [0.25, 0.3) is 0 Å². The van der Waals surface area contributed by atoms with Crippen LogP contribution in [-0.2, 0) is 11.2 Å². The summed E-state index contributed by atoms with van der Waals surface area (Å²) in [7, 11) is 1.62. The quantitative estimate of drug-likeness (QED) is 0.919. The Hall–Kier alpha value is -2.30. The van der Waals surface area contributed by atoms with E-state index in [2.05, 4.69) is 5.32 Å². The fourth-order valence-electron chi connectivity index (χ4n) is 2.35. The number of methoxy groups -OCH3 is 1. The van der Waals surface area contributed by atoms with Gasteiger partial charge in [0.1, 0.15) is 5.75 Å². The summed E-state index contributed by atoms with van der Waals surface area (Å²) < 4.78 is 6.93. The molecule has 0 fully saturated rings. The van der Waals surface area contributed by atoms with Crippen molar-refractivity contribution >= 4 is 22.7 Å². The average molecular weight is 288 g/mol. The van der Waals surface area contributed by atoms with Gasteiger partial charge in [-0.3, -0.25) is 14.2 Å². The molecule has 0 saturated carbocycles. The van der Waals surface area contributed by atoms with Crippen molar-refractivity contribution < 1.29 is 14.3 Å². The van der Waals surface area contributed by atoms with Crippen molar-refractivity contribution in [2.45, 2.75) is 26.7 Å². The lowest BCUT2D eigenvalue weighted by Crippen LogP contribution is -2.22. The number of carbonyl (C=O) groups excluding carboxylic acids is 2. The molecule has 0 spiro atoms. The van der Waals surface area contributed by atoms with Crippen LogP contribution in [0.1, 0.15) is 30.6 Å². The van der Waals surface area contributed by atoms with Crippen LogP contribution in [0, 0.1) is 0 Å². The zero-order valence-electron chi connectivity index (χ0n) is 12.6. The monoisotopic (exact) mass is 288 g/mol. The van der Waals surface area contributed by atoms with Gasteiger partial charge in [-0.1, -0.05) is 6.92 Å². The number of aromatic nitrogens is 1. The number of carbonyl (C=O) groups is 2. The van der Waals surface area contributed by atoms with E-state index in [9.17, 15) is 9.59 Å². The van der Waals surface area contributed by atoms with Crippen LogP contribution in [0.4, 0.5) is 0 Å². The first-order valence-electron chi connectivity index (χ1n) is 7.02. The molecular formula is C16H20N2O3. The summed E-state index contributed by atoms with van der Waals surface area (Å²) in [6.07, 6.45) is 2.98. The fourth-order valence-corrected chi connectivity index (χ4v) is 2.35. The molecule has 5 nitrogen and oxygen atoms in total. The van der Waals surface area contributed by atoms with Gasteiger partial charge in [-0.25, -0.2) is 0 Å². The SMILES string of the molecule is CCC(=O)n1cc(CCNC(C)=O)c2cc(OC)ccc21. The summed E-state index contributed by atoms with van der Waals surface area (Å²) in [6, 6.07) is 5.67. The number of nitrogens with one attached hydrogen (secondary N) is 1. The largest absolute Gasteiger partial charge is 0.497 e. The van der Waals surface area contributed by atoms with Gasteiger partial charge in [0.2, 0.25) is 11.8 Å². The summed E-state index contributed by atoms with van der Waals surface area (Å²) in [5, 5.41) is 3.76. The maximum atomic E-state index is 12.0. The maximum Gasteiger partial charge on any atom is 0.230 e. The van der Waals surface area contributed by atoms with Crippen molar-refractivity contribution in [2.75, 3.05) is 13.7 Å². The van der Waals surface area contributed by atoms with E-state index >= 15 is 0 Å². The maximum absolute atomic E-state index is 12.0. The molecule has 0 aliphatic rings. The average Bonchev–Trinajstić information content (AvgIpc) is 2.84. The topological polar surface area (TPSA) is 60.3 Å². The van der Waals surface area contributed by atoms with Gasteiger partial charge >= 0.3 is 0 Å². The van der Waals surface area contributed by atoms with Crippen molar-refractivity contribution in [1.29, 1.82) is 0 Å². The second-order valence-corrected chi connectivity index (χ2v) is 4.89. The van der Waals surface area contributed by atoms with Crippen LogP contribution < -0.4 is 10.1 Å². The molecule has 112 valence electrons. The van der Waals surface area contributed by atoms with Crippen LogP contribution in [0.2, 0.25) is 0 Å². The van der Waals surface area contributed by atoms with E-state index in [1.54, 1.807) is 11.7 Å². The first kappa shape index (κ1) is 15.1. The molecule has 2 rings (SSSR count). The number of amides is 1. The number of ether oxygens (including phenoxy) is 1. The van der Waals surface area contributed by atoms with E-state index < -0.39 is 0 Å². The molecule has 0 bridgehead atoms. The summed E-state index contributed by atoms with van der Waals surface area (Å²) >= 11 is 0. The minimum absolute atomic E-state index is 0.0518. The van der Waals surface area contributed by atoms with Crippen molar-refractivity contribution in [1.82, 2.24) is 9.88 Å². The Morgan fingerprint density at radius 2 is 2.10 bits per heavy atom. The molecule has 0 saturated heterocycles. The Morgan fingerprint density at radius 3 is 2.71 bits per heavy atom. The molecule has 5 heteroatoms. The van der Waals surface area contributed by atoms with E-state index in [0.717, 1.165) is 22.2 Å². The molecule has 0 aliphatic carbocycles. The predicted molar refractivity (Wildman–Crippen MR) is 81.8 cm³/mol. The lowest BCUT2D eigenvalue weighted by Gasteiger charge is -2.03. The van der Waals surface area contributed by atoms with Crippen molar-refractivity contribution in [2.24, 2.45) is 0 Å². The molecule has 1 aromatic carbocycles. The molecule has 0 radical (unpaired) electrons. The highest BCUT2D eigenvalue weighted by atomic mass is 16.5. The van der Waals surface area contributed by atoms with Crippen LogP contribution in [-0.4, -0.2) is 30.0 Å². The van der Waals surface area contributed by atoms with Crippen molar-refractivity contribution in [3.63, 3.8) is 0 Å². The molecular weight excluding hydrogens is 268 g/mol. The summed E-state index contributed by atoms with van der Waals surface area (Å²) in [4.78, 5) is 23.0. The minimum Gasteiger partial charge on any atom is -0.497 e. The predicted octanol–water partition coefficient (Wildman–Crippen LogP) is 2.38. The molecule has 0 aliphatic heterocycles. The Labute approximate surface area is 123 Å². The summed E-state index contributed by atoms with van der Waals surface area (Å²) in [5.74, 6) is 0.752. The lowest BCUT2D eigenvalue weighted by molar-refractivity contribution is -0.118. The van der Waals surface area contributed by atoms with Crippen molar-refractivity contribution in [3.8, 4) is 5.75 Å². The van der Waals surface area contributed by atoms with Crippen LogP contribution >= 0.6 is 0 Å². The summed E-state index contributed by atoms with van der Waals surface area (Å²) in [5.41, 5.74) is 1.90. The number of benzene rings is 1. The first-order valence-corrected chi connectivity index (χ1v) is 7.02. The third-order valence-electron chi connectivity index (χ3n) is 3.43. The second-order valence-electron chi connectivity index (χ2n) is 4.89. The normalized spacial score (nSPS) is 10.6. The standard InChI is InChI=1S/C16H20N2O3/c1-4-16(20)18-10-12(7-8-17-11(2)19)14-9-13(21-3)5-6-15(14)18/h5-6,9-10H,4,7-8H2,1-3H3,(H,17,19). The summed E-state index contributed by atoms with van der Waals surface area (Å²) in [6.45, 7) is 3.88. The number of rotatable bonds is 5. The zero-order chi connectivity index (χ0) is 15.4. The third-order valence-corrected chi connectivity index (χ3v) is 3.43. The molecule has 0 unspecified atom stereocenters. The smallest absolute Gasteiger partial charge is 0.230 e. The number of hydrogen-bond donors (Lipinski definition) is 1. The number of nitrogens with zero attached hydrogens (tertiary/aromatic N) is 1. The zero-order valence-corrected chi connectivity index (χ0v) is 12.6. The minimum atomic E-state index is -0.0547. The van der Waals surface area contributed by atoms with E-state index in [0.29, 0.717) is 19.4 Å². The number of fused-ring (bicyclic) bond motifs is 1. The Kier molecular flexibility index (Phi) is 4.62. The highest BCUT2D eigenvalue weighted by Gasteiger charge is 2.13. The highest BCUT2D eigenvalue weighted by molar-refractivity contribution is 5.95. The molecule has 1 N–H and O–H groups in total. The van der Waals surface area contributed by atoms with Gasteiger partial charge in [0, 0.05) is 31.5 Å². The molecule has 2 aromatic rings. The van der Waals surface area contributed by atoms with Crippen molar-refractivity contribution in [3.05, 3.63) is 30.0 Å². The van der Waals surface area contributed by atoms with Crippen LogP contribution in [0.15, 0.2) is 24.4 Å². The Morgan fingerprint density at radius 1 is 1.33 bits per heavy atom. The van der Waals surface area contributed by atoms with E-state index in [1.807, 2.05) is 31.3 Å². The van der Waals surface area contributed by atoms with Crippen LogP contribution in [0.3, 0.4) is 0 Å². The Balaban J connectivity index is 2.42. The molecule has 1 heterocycles. The highest BCUT2D eigenvalue weighted by Crippen LogP contribution is 2.26. The van der Waals surface area contributed by atoms with Gasteiger partial charge < -0.3 is 10.1 Å². The first-order chi connectivity index (χ1) is 10.1. The van der Waals surface area contributed by atoms with Gasteiger partial charge in [0.05, 0.1) is 12.6 Å². The molecule has 21 heavy (non-hydrogen) atoms. The molecule has 1 amide bonds. The Bertz CT molecular complexity index is 673. The van der Waals surface area contributed by atoms with E-state index in [1.165, 1.54) is 6.92 Å². The molecule has 0 atom stereocenters. The van der Waals surface area contributed by atoms with Crippen LogP contribution in [0.25, 0.3) is 10.9 Å². The third kappa shape index (κ3) is 3.24.